The number of piperazine rings is 1. The molecule has 15 heavy (non-hydrogen) atoms. The van der Waals surface area contributed by atoms with Gasteiger partial charge in [-0.3, -0.25) is 9.80 Å². The third-order valence-corrected chi connectivity index (χ3v) is 3.94. The van der Waals surface area contributed by atoms with Crippen molar-refractivity contribution in [2.75, 3.05) is 20.1 Å². The summed E-state index contributed by atoms with van der Waals surface area (Å²) >= 11 is 0. The summed E-state index contributed by atoms with van der Waals surface area (Å²) in [6.07, 6.45) is 0.656. The molecule has 1 fully saturated rings. The second kappa shape index (κ2) is 5.28. The first-order chi connectivity index (χ1) is 6.97. The molecule has 0 aliphatic carbocycles. The van der Waals surface area contributed by atoms with Gasteiger partial charge in [0.05, 0.1) is 6.10 Å². The summed E-state index contributed by atoms with van der Waals surface area (Å²) in [6.45, 7) is 10.8. The molecule has 1 rings (SSSR count). The number of rotatable bonds is 3. The molecule has 1 aliphatic heterocycles. The first-order valence-electron chi connectivity index (χ1n) is 6.11. The van der Waals surface area contributed by atoms with Gasteiger partial charge in [0.15, 0.2) is 0 Å². The Labute approximate surface area is 94.1 Å². The molecule has 0 aromatic heterocycles. The van der Waals surface area contributed by atoms with Crippen LogP contribution in [0.5, 0.6) is 0 Å². The van der Waals surface area contributed by atoms with Gasteiger partial charge in [-0.25, -0.2) is 0 Å². The van der Waals surface area contributed by atoms with Crippen molar-refractivity contribution in [2.45, 2.75) is 58.3 Å². The highest BCUT2D eigenvalue weighted by atomic mass is 16.3. The van der Waals surface area contributed by atoms with E-state index in [0.29, 0.717) is 12.1 Å². The molecule has 0 saturated carbocycles. The zero-order valence-corrected chi connectivity index (χ0v) is 10.8. The summed E-state index contributed by atoms with van der Waals surface area (Å²) in [5, 5.41) is 9.86. The van der Waals surface area contributed by atoms with Crippen LogP contribution in [0.1, 0.15) is 34.1 Å². The Morgan fingerprint density at radius 3 is 2.13 bits per heavy atom. The molecule has 0 bridgehead atoms. The molecule has 0 amide bonds. The number of nitrogens with zero attached hydrogens (tertiary/aromatic N) is 2. The van der Waals surface area contributed by atoms with E-state index < -0.39 is 0 Å². The van der Waals surface area contributed by atoms with Gasteiger partial charge in [-0.15, -0.1) is 0 Å². The summed E-state index contributed by atoms with van der Waals surface area (Å²) in [6, 6.07) is 1.45. The van der Waals surface area contributed by atoms with Crippen LogP contribution in [0, 0.1) is 0 Å². The number of likely N-dealkylation sites (N-methyl/N-ethyl adjacent to an activating group) is 1. The summed E-state index contributed by atoms with van der Waals surface area (Å²) in [5.41, 5.74) is 0. The van der Waals surface area contributed by atoms with Crippen LogP contribution in [0.2, 0.25) is 0 Å². The van der Waals surface area contributed by atoms with Crippen molar-refractivity contribution >= 4 is 0 Å². The van der Waals surface area contributed by atoms with Gasteiger partial charge in [-0.2, -0.15) is 0 Å². The van der Waals surface area contributed by atoms with E-state index >= 15 is 0 Å². The minimum absolute atomic E-state index is 0.187. The molecular weight excluding hydrogens is 188 g/mol. The first kappa shape index (κ1) is 12.9. The lowest BCUT2D eigenvalue weighted by atomic mass is 10.0. The Kier molecular flexibility index (Phi) is 4.56. The quantitative estimate of drug-likeness (QED) is 0.764. The predicted octanol–water partition coefficient (Wildman–Crippen LogP) is 1.17. The average molecular weight is 214 g/mol. The lowest BCUT2D eigenvalue weighted by Gasteiger charge is -2.45. The molecule has 90 valence electrons. The lowest BCUT2D eigenvalue weighted by molar-refractivity contribution is -0.00812. The molecular formula is C12H26N2O. The molecule has 1 heterocycles. The fourth-order valence-corrected chi connectivity index (χ4v) is 2.36. The molecule has 1 saturated heterocycles. The van der Waals surface area contributed by atoms with Gasteiger partial charge >= 0.3 is 0 Å². The summed E-state index contributed by atoms with van der Waals surface area (Å²) in [7, 11) is 2.19. The van der Waals surface area contributed by atoms with E-state index in [0.717, 1.165) is 19.5 Å². The van der Waals surface area contributed by atoms with E-state index in [1.54, 1.807) is 0 Å². The molecule has 0 aromatic rings. The maximum absolute atomic E-state index is 9.86. The Morgan fingerprint density at radius 2 is 1.73 bits per heavy atom. The summed E-state index contributed by atoms with van der Waals surface area (Å²) in [5.74, 6) is 0. The third kappa shape index (κ3) is 2.92. The van der Waals surface area contributed by atoms with Crippen molar-refractivity contribution in [1.82, 2.24) is 9.80 Å². The minimum atomic E-state index is -0.187. The maximum Gasteiger partial charge on any atom is 0.0690 e. The van der Waals surface area contributed by atoms with E-state index in [1.165, 1.54) is 0 Å². The number of aliphatic hydroxyl groups excluding tert-OH is 1. The van der Waals surface area contributed by atoms with E-state index in [9.17, 15) is 5.11 Å². The van der Waals surface area contributed by atoms with E-state index in [1.807, 2.05) is 6.92 Å². The van der Waals surface area contributed by atoms with Gasteiger partial charge in [-0.05, 0) is 34.2 Å². The second-order valence-corrected chi connectivity index (χ2v) is 5.03. The smallest absolute Gasteiger partial charge is 0.0690 e. The van der Waals surface area contributed by atoms with Crippen LogP contribution in [0.25, 0.3) is 0 Å². The Balaban J connectivity index is 2.57. The molecule has 0 radical (unpaired) electrons. The Morgan fingerprint density at radius 1 is 1.27 bits per heavy atom. The highest BCUT2D eigenvalue weighted by Gasteiger charge is 2.30. The molecule has 4 atom stereocenters. The standard InChI is InChI=1S/C12H26N2O/c1-6-12(15)11(4)14-7-9(2)13(5)10(3)8-14/h9-12,15H,6-8H2,1-5H3. The van der Waals surface area contributed by atoms with Crippen LogP contribution in [0.4, 0.5) is 0 Å². The number of hydrogen-bond acceptors (Lipinski definition) is 3. The monoisotopic (exact) mass is 214 g/mol. The minimum Gasteiger partial charge on any atom is -0.392 e. The van der Waals surface area contributed by atoms with Gasteiger partial charge in [0, 0.05) is 31.2 Å². The SMILES string of the molecule is CCC(O)C(C)N1CC(C)N(C)C(C)C1. The van der Waals surface area contributed by atoms with Crippen LogP contribution in [0.3, 0.4) is 0 Å². The van der Waals surface area contributed by atoms with Gasteiger partial charge in [0.2, 0.25) is 0 Å². The van der Waals surface area contributed by atoms with E-state index in [-0.39, 0.29) is 12.1 Å². The highest BCUT2D eigenvalue weighted by Crippen LogP contribution is 2.17. The predicted molar refractivity (Wildman–Crippen MR) is 64.0 cm³/mol. The molecule has 3 nitrogen and oxygen atoms in total. The fraction of sp³-hybridized carbons (Fsp3) is 1.00. The van der Waals surface area contributed by atoms with Crippen LogP contribution >= 0.6 is 0 Å². The average Bonchev–Trinajstić information content (AvgIpc) is 2.23. The van der Waals surface area contributed by atoms with Crippen molar-refractivity contribution in [3.05, 3.63) is 0 Å². The van der Waals surface area contributed by atoms with Crippen molar-refractivity contribution in [1.29, 1.82) is 0 Å². The molecule has 1 N–H and O–H groups in total. The highest BCUT2D eigenvalue weighted by molar-refractivity contribution is 4.87. The number of aliphatic hydroxyl groups is 1. The topological polar surface area (TPSA) is 26.7 Å². The van der Waals surface area contributed by atoms with Crippen molar-refractivity contribution < 1.29 is 5.11 Å². The van der Waals surface area contributed by atoms with Crippen molar-refractivity contribution in [3.8, 4) is 0 Å². The Hall–Kier alpha value is -0.120. The fourth-order valence-electron chi connectivity index (χ4n) is 2.36. The summed E-state index contributed by atoms with van der Waals surface area (Å²) in [4.78, 5) is 4.84. The second-order valence-electron chi connectivity index (χ2n) is 5.03. The zero-order valence-electron chi connectivity index (χ0n) is 10.8. The van der Waals surface area contributed by atoms with Crippen molar-refractivity contribution in [3.63, 3.8) is 0 Å². The molecule has 0 spiro atoms. The third-order valence-electron chi connectivity index (χ3n) is 3.94. The normalized spacial score (nSPS) is 34.0. The lowest BCUT2D eigenvalue weighted by Crippen LogP contribution is -2.58. The van der Waals surface area contributed by atoms with Gasteiger partial charge in [0.25, 0.3) is 0 Å². The molecule has 3 heteroatoms. The number of hydrogen-bond donors (Lipinski definition) is 1. The summed E-state index contributed by atoms with van der Waals surface area (Å²) < 4.78 is 0. The molecule has 1 aliphatic rings. The zero-order chi connectivity index (χ0) is 11.6. The van der Waals surface area contributed by atoms with Gasteiger partial charge in [-0.1, -0.05) is 6.92 Å². The van der Waals surface area contributed by atoms with Crippen LogP contribution < -0.4 is 0 Å². The van der Waals surface area contributed by atoms with E-state index in [4.69, 9.17) is 0 Å². The van der Waals surface area contributed by atoms with E-state index in [2.05, 4.69) is 37.6 Å². The Bertz CT molecular complexity index is 186. The largest absolute Gasteiger partial charge is 0.392 e. The maximum atomic E-state index is 9.86. The first-order valence-corrected chi connectivity index (χ1v) is 6.11. The van der Waals surface area contributed by atoms with Crippen LogP contribution in [-0.4, -0.2) is 59.3 Å². The van der Waals surface area contributed by atoms with Crippen molar-refractivity contribution in [2.24, 2.45) is 0 Å². The van der Waals surface area contributed by atoms with Crippen LogP contribution in [-0.2, 0) is 0 Å². The van der Waals surface area contributed by atoms with Gasteiger partial charge in [0.1, 0.15) is 0 Å². The van der Waals surface area contributed by atoms with Crippen LogP contribution in [0.15, 0.2) is 0 Å². The van der Waals surface area contributed by atoms with Gasteiger partial charge < -0.3 is 5.11 Å². The molecule has 0 aromatic carbocycles. The molecule has 4 unspecified atom stereocenters.